The summed E-state index contributed by atoms with van der Waals surface area (Å²) in [6, 6.07) is 7.51. The van der Waals surface area contributed by atoms with Crippen LogP contribution in [-0.2, 0) is 9.53 Å². The molecule has 5 nitrogen and oxygen atoms in total. The Hall–Kier alpha value is -1.69. The van der Waals surface area contributed by atoms with Gasteiger partial charge in [-0.05, 0) is 18.9 Å². The molecule has 5 heteroatoms. The van der Waals surface area contributed by atoms with Crippen LogP contribution in [0.4, 0.5) is 0 Å². The molecule has 1 atom stereocenters. The Balaban J connectivity index is -0.000000309. The summed E-state index contributed by atoms with van der Waals surface area (Å²) >= 11 is 0. The number of amides is 1. The number of aliphatic hydroxyl groups is 1. The van der Waals surface area contributed by atoms with E-state index in [9.17, 15) is 4.79 Å². The summed E-state index contributed by atoms with van der Waals surface area (Å²) in [6.07, 6.45) is 1.89. The third-order valence-electron chi connectivity index (χ3n) is 2.60. The summed E-state index contributed by atoms with van der Waals surface area (Å²) in [5.74, 6) is -0.473. The van der Waals surface area contributed by atoms with E-state index in [4.69, 9.17) is 15.6 Å². The molecule has 22 heavy (non-hydrogen) atoms. The number of hydrogen-bond donors (Lipinski definition) is 2. The number of aryl methyl sites for hydroxylation is 1. The van der Waals surface area contributed by atoms with E-state index in [1.165, 1.54) is 6.42 Å². The van der Waals surface area contributed by atoms with E-state index in [0.29, 0.717) is 12.2 Å². The number of benzene rings is 1. The summed E-state index contributed by atoms with van der Waals surface area (Å²) in [6.45, 7) is 11.1. The Morgan fingerprint density at radius 3 is 2.18 bits per heavy atom. The molecule has 0 aliphatic carbocycles. The van der Waals surface area contributed by atoms with Gasteiger partial charge in [0.05, 0.1) is 12.7 Å². The number of nitrogens with two attached hydrogens (primary N) is 1. The average molecular weight is 313 g/mol. The third kappa shape index (κ3) is 10.1. The Kier molecular flexibility index (Phi) is 13.4. The largest absolute Gasteiger partial charge is 0.412 e. The molecule has 1 saturated heterocycles. The summed E-state index contributed by atoms with van der Waals surface area (Å²) in [5.41, 5.74) is 7.36. The number of aliphatic hydroxyl groups excluding tert-OH is 1. The number of ether oxygens (including phenoxy) is 1. The number of hydrogen-bond acceptors (Lipinski definition) is 3. The fourth-order valence-corrected chi connectivity index (χ4v) is 1.42. The van der Waals surface area contributed by atoms with Gasteiger partial charge < -0.3 is 21.1 Å². The quantitative estimate of drug-likeness (QED) is 0.817. The van der Waals surface area contributed by atoms with Crippen molar-refractivity contribution < 1.29 is 21.5 Å². The fraction of sp³-hybridized carbons (Fsp3) is 0.471. The van der Waals surface area contributed by atoms with Crippen LogP contribution in [0.1, 0.15) is 39.2 Å². The lowest BCUT2D eigenvalue weighted by Crippen LogP contribution is -2.11. The van der Waals surface area contributed by atoms with Crippen LogP contribution in [0, 0.1) is 6.92 Å². The maximum atomic E-state index is 10.7. The lowest BCUT2D eigenvalue weighted by atomic mass is 10.1. The molecule has 1 heterocycles. The highest BCUT2D eigenvalue weighted by molar-refractivity contribution is 6.17. The van der Waals surface area contributed by atoms with Crippen molar-refractivity contribution >= 4 is 11.5 Å². The van der Waals surface area contributed by atoms with Gasteiger partial charge in [0.2, 0.25) is 5.91 Å². The second kappa shape index (κ2) is 13.0. The lowest BCUT2D eigenvalue weighted by molar-refractivity contribution is -0.112. The van der Waals surface area contributed by atoms with Gasteiger partial charge in [0.1, 0.15) is 0 Å². The molecule has 0 bridgehead atoms. The first-order chi connectivity index (χ1) is 9.92. The first-order valence-electron chi connectivity index (χ1n) is 7.23. The molecule has 0 radical (unpaired) electrons. The predicted octanol–water partition coefficient (Wildman–Crippen LogP) is 2.10. The fourth-order valence-electron chi connectivity index (χ4n) is 1.42. The molecule has 0 saturated carbocycles. The first-order valence-corrected chi connectivity index (χ1v) is 7.23. The molecule has 1 aromatic carbocycles. The SMILES string of the molecule is C=C(C(N)=O)c1ccc(C)cc1.CCC.O.O[C@@H]1CCOC1.[HH]. The van der Waals surface area contributed by atoms with Gasteiger partial charge >= 0.3 is 0 Å². The molecule has 1 aromatic rings. The van der Waals surface area contributed by atoms with Crippen LogP contribution in [0.25, 0.3) is 5.57 Å². The van der Waals surface area contributed by atoms with Crippen LogP contribution in [0.2, 0.25) is 0 Å². The Labute approximate surface area is 134 Å². The topological polar surface area (TPSA) is 104 Å². The van der Waals surface area contributed by atoms with Crippen molar-refractivity contribution in [3.8, 4) is 0 Å². The molecule has 5 N–H and O–H groups in total. The monoisotopic (exact) mass is 313 g/mol. The van der Waals surface area contributed by atoms with Gasteiger partial charge in [-0.2, -0.15) is 0 Å². The molecule has 0 aromatic heterocycles. The number of rotatable bonds is 2. The van der Waals surface area contributed by atoms with Crippen LogP contribution >= 0.6 is 0 Å². The molecule has 2 rings (SSSR count). The van der Waals surface area contributed by atoms with Crippen molar-refractivity contribution in [3.05, 3.63) is 42.0 Å². The van der Waals surface area contributed by atoms with Crippen LogP contribution in [0.15, 0.2) is 30.8 Å². The smallest absolute Gasteiger partial charge is 0.248 e. The van der Waals surface area contributed by atoms with Gasteiger partial charge in [-0.3, -0.25) is 4.79 Å². The highest BCUT2D eigenvalue weighted by Gasteiger charge is 2.09. The predicted molar refractivity (Wildman–Crippen MR) is 92.5 cm³/mol. The van der Waals surface area contributed by atoms with Gasteiger partial charge in [-0.25, -0.2) is 0 Å². The number of carbonyl (C=O) groups excluding carboxylic acids is 1. The van der Waals surface area contributed by atoms with Crippen LogP contribution in [-0.4, -0.2) is 35.8 Å². The number of primary amides is 1. The first kappa shape index (κ1) is 22.6. The van der Waals surface area contributed by atoms with Gasteiger partial charge in [-0.1, -0.05) is 56.7 Å². The molecule has 0 unspecified atom stereocenters. The highest BCUT2D eigenvalue weighted by Crippen LogP contribution is 2.11. The van der Waals surface area contributed by atoms with Crippen molar-refractivity contribution in [2.24, 2.45) is 5.73 Å². The lowest BCUT2D eigenvalue weighted by Gasteiger charge is -2.00. The van der Waals surface area contributed by atoms with E-state index < -0.39 is 5.91 Å². The summed E-state index contributed by atoms with van der Waals surface area (Å²) < 4.78 is 4.81. The molecule has 128 valence electrons. The average Bonchev–Trinajstić information content (AvgIpc) is 2.91. The molecule has 1 fully saturated rings. The summed E-state index contributed by atoms with van der Waals surface area (Å²) in [4.78, 5) is 10.7. The molecule has 1 aliphatic heterocycles. The molecular formula is C17H31NO4. The van der Waals surface area contributed by atoms with Gasteiger partial charge in [0.15, 0.2) is 0 Å². The van der Waals surface area contributed by atoms with Crippen molar-refractivity contribution in [1.82, 2.24) is 0 Å². The maximum absolute atomic E-state index is 10.7. The van der Waals surface area contributed by atoms with Crippen LogP contribution in [0.5, 0.6) is 0 Å². The van der Waals surface area contributed by atoms with Crippen LogP contribution in [0.3, 0.4) is 0 Å². The summed E-state index contributed by atoms with van der Waals surface area (Å²) in [5, 5.41) is 8.60. The van der Waals surface area contributed by atoms with E-state index in [0.717, 1.165) is 24.2 Å². The molecule has 1 aliphatic rings. The normalized spacial score (nSPS) is 15.4. The van der Waals surface area contributed by atoms with Crippen molar-refractivity contribution in [3.63, 3.8) is 0 Å². The van der Waals surface area contributed by atoms with Crippen molar-refractivity contribution in [2.75, 3.05) is 13.2 Å². The second-order valence-electron chi connectivity index (χ2n) is 4.93. The maximum Gasteiger partial charge on any atom is 0.248 e. The minimum atomic E-state index is -0.473. The van der Waals surface area contributed by atoms with Gasteiger partial charge in [0, 0.05) is 13.6 Å². The van der Waals surface area contributed by atoms with Crippen molar-refractivity contribution in [1.29, 1.82) is 0 Å². The Morgan fingerprint density at radius 1 is 1.41 bits per heavy atom. The van der Waals surface area contributed by atoms with E-state index in [2.05, 4.69) is 20.4 Å². The highest BCUT2D eigenvalue weighted by atomic mass is 16.5. The summed E-state index contributed by atoms with van der Waals surface area (Å²) in [7, 11) is 0. The van der Waals surface area contributed by atoms with E-state index in [1.807, 2.05) is 31.2 Å². The van der Waals surface area contributed by atoms with Gasteiger partial charge in [0.25, 0.3) is 0 Å². The van der Waals surface area contributed by atoms with Gasteiger partial charge in [-0.15, -0.1) is 0 Å². The molecular weight excluding hydrogens is 282 g/mol. The zero-order chi connectivity index (χ0) is 16.3. The Bertz CT molecular complexity index is 429. The van der Waals surface area contributed by atoms with E-state index in [1.54, 1.807) is 0 Å². The standard InChI is InChI=1S/C10H11NO.C4H8O2.C3H8.H2O.H2/c1-7-3-5-9(6-4-7)8(2)10(11)12;5-4-1-2-6-3-4;1-3-2;;/h3-6H,2H2,1H3,(H2,11,12);4-5H,1-3H2;3H2,1-2H3;1H2;1H/t;4-;;;/m.1.../s1. The Morgan fingerprint density at radius 2 is 1.91 bits per heavy atom. The molecule has 1 amide bonds. The van der Waals surface area contributed by atoms with Crippen LogP contribution < -0.4 is 5.73 Å². The zero-order valence-corrected chi connectivity index (χ0v) is 13.8. The minimum absolute atomic E-state index is 0. The number of carbonyl (C=O) groups is 1. The van der Waals surface area contributed by atoms with E-state index >= 15 is 0 Å². The third-order valence-corrected chi connectivity index (χ3v) is 2.60. The molecule has 0 spiro atoms. The zero-order valence-electron chi connectivity index (χ0n) is 13.8. The van der Waals surface area contributed by atoms with E-state index in [-0.39, 0.29) is 13.0 Å². The van der Waals surface area contributed by atoms with Crippen molar-refractivity contribution in [2.45, 2.75) is 39.7 Å². The second-order valence-corrected chi connectivity index (χ2v) is 4.93. The minimum Gasteiger partial charge on any atom is -0.412 e.